The van der Waals surface area contributed by atoms with Crippen molar-refractivity contribution in [2.24, 2.45) is 11.7 Å². The average molecular weight is 332 g/mol. The smallest absolute Gasteiger partial charge is 0.238 e. The molecule has 1 aliphatic heterocycles. The van der Waals surface area contributed by atoms with E-state index in [0.29, 0.717) is 17.5 Å². The van der Waals surface area contributed by atoms with Gasteiger partial charge in [-0.1, -0.05) is 17.7 Å². The number of nitrogens with one attached hydrogen (secondary N) is 1. The molecule has 0 bridgehead atoms. The number of anilines is 1. The van der Waals surface area contributed by atoms with Gasteiger partial charge in [-0.3, -0.25) is 9.69 Å². The summed E-state index contributed by atoms with van der Waals surface area (Å²) in [6, 6.07) is 5.70. The maximum Gasteiger partial charge on any atom is 0.238 e. The van der Waals surface area contributed by atoms with E-state index in [2.05, 4.69) is 10.2 Å². The Morgan fingerprint density at radius 2 is 2.29 bits per heavy atom. The van der Waals surface area contributed by atoms with Crippen LogP contribution < -0.4 is 11.1 Å². The zero-order chi connectivity index (χ0) is 14.7. The largest absolute Gasteiger partial charge is 0.328 e. The molecule has 2 rings (SSSR count). The fourth-order valence-electron chi connectivity index (χ4n) is 2.56. The molecule has 1 saturated heterocycles. The highest BCUT2D eigenvalue weighted by Crippen LogP contribution is 2.21. The Balaban J connectivity index is 0.00000220. The normalized spacial score (nSPS) is 19.9. The van der Waals surface area contributed by atoms with E-state index in [1.54, 1.807) is 6.07 Å². The van der Waals surface area contributed by atoms with Crippen molar-refractivity contribution in [1.29, 1.82) is 0 Å². The summed E-state index contributed by atoms with van der Waals surface area (Å²) in [6.07, 6.45) is 1.07. The van der Waals surface area contributed by atoms with Gasteiger partial charge < -0.3 is 11.1 Å². The van der Waals surface area contributed by atoms with E-state index in [1.807, 2.05) is 26.0 Å². The molecule has 0 radical (unpaired) electrons. The second-order valence-electron chi connectivity index (χ2n) is 5.65. The van der Waals surface area contributed by atoms with Gasteiger partial charge in [0.2, 0.25) is 5.91 Å². The first kappa shape index (κ1) is 18.2. The lowest BCUT2D eigenvalue weighted by Crippen LogP contribution is -2.34. The number of halogens is 2. The zero-order valence-electron chi connectivity index (χ0n) is 12.4. The quantitative estimate of drug-likeness (QED) is 0.891. The molecule has 0 aliphatic carbocycles. The first-order valence-electron chi connectivity index (χ1n) is 6.99. The topological polar surface area (TPSA) is 58.4 Å². The molecular formula is C15H23Cl2N3O. The molecule has 3 N–H and O–H groups in total. The Morgan fingerprint density at radius 3 is 2.90 bits per heavy atom. The summed E-state index contributed by atoms with van der Waals surface area (Å²) in [5.74, 6) is 0.497. The molecule has 0 aromatic heterocycles. The van der Waals surface area contributed by atoms with Crippen molar-refractivity contribution in [3.63, 3.8) is 0 Å². The summed E-state index contributed by atoms with van der Waals surface area (Å²) in [6.45, 7) is 6.24. The molecule has 4 nitrogen and oxygen atoms in total. The van der Waals surface area contributed by atoms with E-state index in [4.69, 9.17) is 17.3 Å². The minimum Gasteiger partial charge on any atom is -0.328 e. The van der Waals surface area contributed by atoms with E-state index in [-0.39, 0.29) is 24.4 Å². The highest BCUT2D eigenvalue weighted by atomic mass is 35.5. The predicted molar refractivity (Wildman–Crippen MR) is 90.3 cm³/mol. The molecule has 0 spiro atoms. The molecule has 1 aromatic carbocycles. The lowest BCUT2D eigenvalue weighted by molar-refractivity contribution is -0.117. The number of rotatable bonds is 4. The van der Waals surface area contributed by atoms with E-state index in [0.717, 1.165) is 30.8 Å². The van der Waals surface area contributed by atoms with Crippen LogP contribution >= 0.6 is 24.0 Å². The predicted octanol–water partition coefficient (Wildman–Crippen LogP) is 2.68. The summed E-state index contributed by atoms with van der Waals surface area (Å²) in [5, 5.41) is 3.55. The van der Waals surface area contributed by atoms with Gasteiger partial charge in [-0.15, -0.1) is 12.4 Å². The summed E-state index contributed by atoms with van der Waals surface area (Å²) in [7, 11) is 0. The third-order valence-corrected chi connectivity index (χ3v) is 4.13. The second-order valence-corrected chi connectivity index (χ2v) is 6.09. The number of carbonyl (C=O) groups is 1. The molecule has 0 saturated carbocycles. The number of hydrogen-bond acceptors (Lipinski definition) is 3. The van der Waals surface area contributed by atoms with E-state index in [1.165, 1.54) is 0 Å². The van der Waals surface area contributed by atoms with E-state index >= 15 is 0 Å². The lowest BCUT2D eigenvalue weighted by Gasteiger charge is -2.17. The molecule has 118 valence electrons. The van der Waals surface area contributed by atoms with Gasteiger partial charge in [0, 0.05) is 23.3 Å². The molecule has 6 heteroatoms. The fraction of sp³-hybridized carbons (Fsp3) is 0.533. The number of amides is 1. The van der Waals surface area contributed by atoms with Crippen molar-refractivity contribution < 1.29 is 4.79 Å². The molecule has 21 heavy (non-hydrogen) atoms. The van der Waals surface area contributed by atoms with Gasteiger partial charge >= 0.3 is 0 Å². The van der Waals surface area contributed by atoms with Crippen molar-refractivity contribution in [2.75, 3.05) is 25.0 Å². The highest BCUT2D eigenvalue weighted by Gasteiger charge is 2.26. The van der Waals surface area contributed by atoms with Crippen LogP contribution in [-0.4, -0.2) is 36.5 Å². The standard InChI is InChI=1S/C15H22ClN3O.ClH/c1-10-3-4-13(16)7-14(10)18-15(20)9-19-6-5-12(8-19)11(2)17;/h3-4,7,11-12H,5-6,8-9,17H2,1-2H3,(H,18,20);1H. The van der Waals surface area contributed by atoms with Crippen molar-refractivity contribution in [2.45, 2.75) is 26.3 Å². The van der Waals surface area contributed by atoms with Gasteiger partial charge in [0.1, 0.15) is 0 Å². The van der Waals surface area contributed by atoms with Crippen LogP contribution in [0.15, 0.2) is 18.2 Å². The van der Waals surface area contributed by atoms with Gasteiger partial charge in [-0.2, -0.15) is 0 Å². The first-order chi connectivity index (χ1) is 9.45. The molecule has 1 aliphatic rings. The highest BCUT2D eigenvalue weighted by molar-refractivity contribution is 6.31. The van der Waals surface area contributed by atoms with Crippen LogP contribution in [0.4, 0.5) is 5.69 Å². The van der Waals surface area contributed by atoms with Crippen LogP contribution in [0.1, 0.15) is 18.9 Å². The van der Waals surface area contributed by atoms with Crippen LogP contribution in [0.2, 0.25) is 5.02 Å². The minimum absolute atomic E-state index is 0. The summed E-state index contributed by atoms with van der Waals surface area (Å²) >= 11 is 5.95. The second kappa shape index (κ2) is 7.99. The SMILES string of the molecule is Cc1ccc(Cl)cc1NC(=O)CN1CCC(C(C)N)C1.Cl. The lowest BCUT2D eigenvalue weighted by atomic mass is 10.0. The Labute approximate surface area is 137 Å². The van der Waals surface area contributed by atoms with Crippen LogP contribution in [0.3, 0.4) is 0 Å². The number of hydrogen-bond donors (Lipinski definition) is 2. The molecular weight excluding hydrogens is 309 g/mol. The number of aryl methyl sites for hydroxylation is 1. The Bertz CT molecular complexity index is 494. The van der Waals surface area contributed by atoms with Gasteiger partial charge in [0.25, 0.3) is 0 Å². The third-order valence-electron chi connectivity index (χ3n) is 3.89. The third kappa shape index (κ3) is 5.15. The number of nitrogens with zero attached hydrogens (tertiary/aromatic N) is 1. The van der Waals surface area contributed by atoms with Crippen molar-refractivity contribution in [3.8, 4) is 0 Å². The Hall–Kier alpha value is -0.810. The van der Waals surface area contributed by atoms with Crippen molar-refractivity contribution in [1.82, 2.24) is 4.90 Å². The van der Waals surface area contributed by atoms with E-state index < -0.39 is 0 Å². The maximum atomic E-state index is 12.1. The number of nitrogens with two attached hydrogens (primary N) is 1. The maximum absolute atomic E-state index is 12.1. The van der Waals surface area contributed by atoms with Gasteiger partial charge in [0.15, 0.2) is 0 Å². The Kier molecular flexibility index (Phi) is 6.94. The summed E-state index contributed by atoms with van der Waals surface area (Å²) in [5.41, 5.74) is 7.70. The average Bonchev–Trinajstić information content (AvgIpc) is 2.82. The monoisotopic (exact) mass is 331 g/mol. The van der Waals surface area contributed by atoms with Crippen LogP contribution in [-0.2, 0) is 4.79 Å². The fourth-order valence-corrected chi connectivity index (χ4v) is 2.73. The van der Waals surface area contributed by atoms with Gasteiger partial charge in [-0.05, 0) is 50.4 Å². The molecule has 1 aromatic rings. The zero-order valence-corrected chi connectivity index (χ0v) is 14.0. The van der Waals surface area contributed by atoms with Crippen molar-refractivity contribution >= 4 is 35.6 Å². The number of benzene rings is 1. The van der Waals surface area contributed by atoms with Crippen LogP contribution in [0, 0.1) is 12.8 Å². The van der Waals surface area contributed by atoms with Crippen LogP contribution in [0.25, 0.3) is 0 Å². The van der Waals surface area contributed by atoms with Gasteiger partial charge in [0.05, 0.1) is 6.54 Å². The number of likely N-dealkylation sites (tertiary alicyclic amines) is 1. The van der Waals surface area contributed by atoms with Crippen molar-refractivity contribution in [3.05, 3.63) is 28.8 Å². The molecule has 2 atom stereocenters. The summed E-state index contributed by atoms with van der Waals surface area (Å²) < 4.78 is 0. The molecule has 1 heterocycles. The molecule has 1 amide bonds. The van der Waals surface area contributed by atoms with Crippen LogP contribution in [0.5, 0.6) is 0 Å². The van der Waals surface area contributed by atoms with E-state index in [9.17, 15) is 4.79 Å². The van der Waals surface area contributed by atoms with Gasteiger partial charge in [-0.25, -0.2) is 0 Å². The number of carbonyl (C=O) groups excluding carboxylic acids is 1. The summed E-state index contributed by atoms with van der Waals surface area (Å²) in [4.78, 5) is 14.2. The molecule has 2 unspecified atom stereocenters. The molecule has 1 fully saturated rings. The minimum atomic E-state index is 0. The Morgan fingerprint density at radius 1 is 1.57 bits per heavy atom. The first-order valence-corrected chi connectivity index (χ1v) is 7.37.